The lowest BCUT2D eigenvalue weighted by Gasteiger charge is -2.21. The van der Waals surface area contributed by atoms with E-state index in [0.29, 0.717) is 0 Å². The standard InChI is InChI=1S/C5H10BN2/c1-2-7-4-5-8(3-1)6-7/h1-5H2. The van der Waals surface area contributed by atoms with Crippen LogP contribution in [-0.4, -0.2) is 43.4 Å². The van der Waals surface area contributed by atoms with Crippen LogP contribution in [0.15, 0.2) is 0 Å². The molecule has 2 rings (SSSR count). The molecule has 2 aliphatic rings. The molecule has 2 heterocycles. The van der Waals surface area contributed by atoms with Gasteiger partial charge in [0.05, 0.1) is 0 Å². The Kier molecular flexibility index (Phi) is 1.05. The van der Waals surface area contributed by atoms with Crippen molar-refractivity contribution in [3.05, 3.63) is 0 Å². The average molecular weight is 109 g/mol. The molecule has 3 heteroatoms. The second kappa shape index (κ2) is 1.74. The normalized spacial score (nSPS) is 44.0. The molecule has 2 nitrogen and oxygen atoms in total. The Hall–Kier alpha value is -0.0151. The first-order valence-corrected chi connectivity index (χ1v) is 3.28. The van der Waals surface area contributed by atoms with Gasteiger partial charge in [-0.05, 0) is 32.6 Å². The minimum absolute atomic E-state index is 1.26. The van der Waals surface area contributed by atoms with E-state index in [2.05, 4.69) is 17.2 Å². The fourth-order valence-corrected chi connectivity index (χ4v) is 1.42. The predicted octanol–water partition coefficient (Wildman–Crippen LogP) is -0.458. The van der Waals surface area contributed by atoms with Gasteiger partial charge >= 0.3 is 7.55 Å². The highest BCUT2D eigenvalue weighted by molar-refractivity contribution is 6.29. The van der Waals surface area contributed by atoms with Gasteiger partial charge in [-0.3, -0.25) is 0 Å². The van der Waals surface area contributed by atoms with Crippen LogP contribution in [0.5, 0.6) is 0 Å². The van der Waals surface area contributed by atoms with Crippen LogP contribution in [0.4, 0.5) is 0 Å². The van der Waals surface area contributed by atoms with Crippen molar-refractivity contribution in [1.82, 2.24) is 9.62 Å². The summed E-state index contributed by atoms with van der Waals surface area (Å²) in [6, 6.07) is 0. The van der Waals surface area contributed by atoms with E-state index in [-0.39, 0.29) is 0 Å². The van der Waals surface area contributed by atoms with Gasteiger partial charge in [0, 0.05) is 0 Å². The molecular weight excluding hydrogens is 98.9 g/mol. The SMILES string of the molecule is [B]1N2CCCN1CC2. The van der Waals surface area contributed by atoms with Gasteiger partial charge in [0.2, 0.25) is 0 Å². The fourth-order valence-electron chi connectivity index (χ4n) is 1.42. The number of fused-ring (bicyclic) bond motifs is 2. The molecule has 2 atom stereocenters. The maximum absolute atomic E-state index is 2.39. The summed E-state index contributed by atoms with van der Waals surface area (Å²) in [6.07, 6.45) is 1.36. The summed E-state index contributed by atoms with van der Waals surface area (Å²) in [5.74, 6) is 0. The van der Waals surface area contributed by atoms with Gasteiger partial charge in [0.15, 0.2) is 0 Å². The Bertz CT molecular complexity index is 82.4. The van der Waals surface area contributed by atoms with E-state index in [9.17, 15) is 0 Å². The Balaban J connectivity index is 2.03. The van der Waals surface area contributed by atoms with Crippen molar-refractivity contribution >= 4 is 7.55 Å². The molecule has 0 amide bonds. The summed E-state index contributed by atoms with van der Waals surface area (Å²) in [5, 5.41) is 0. The number of hydrogen-bond donors (Lipinski definition) is 0. The summed E-state index contributed by atoms with van der Waals surface area (Å²) in [4.78, 5) is 4.78. The van der Waals surface area contributed by atoms with Crippen LogP contribution in [0.1, 0.15) is 6.42 Å². The van der Waals surface area contributed by atoms with E-state index in [1.54, 1.807) is 0 Å². The average Bonchev–Trinajstić information content (AvgIpc) is 2.12. The molecule has 0 saturated carbocycles. The highest BCUT2D eigenvalue weighted by Gasteiger charge is 2.25. The molecule has 2 saturated heterocycles. The molecule has 43 valence electrons. The molecule has 0 spiro atoms. The van der Waals surface area contributed by atoms with Crippen molar-refractivity contribution in [3.8, 4) is 0 Å². The van der Waals surface area contributed by atoms with E-state index in [1.165, 1.54) is 32.6 Å². The molecule has 0 aromatic carbocycles. The van der Waals surface area contributed by atoms with Crippen molar-refractivity contribution in [2.45, 2.75) is 6.42 Å². The molecule has 8 heavy (non-hydrogen) atoms. The predicted molar refractivity (Wildman–Crippen MR) is 33.5 cm³/mol. The van der Waals surface area contributed by atoms with Crippen molar-refractivity contribution in [2.75, 3.05) is 26.2 Å². The monoisotopic (exact) mass is 109 g/mol. The van der Waals surface area contributed by atoms with Gasteiger partial charge in [-0.15, -0.1) is 0 Å². The number of nitrogens with zero attached hydrogens (tertiary/aromatic N) is 2. The first-order valence-electron chi connectivity index (χ1n) is 3.28. The third-order valence-electron chi connectivity index (χ3n) is 1.89. The van der Waals surface area contributed by atoms with Crippen molar-refractivity contribution in [1.29, 1.82) is 0 Å². The van der Waals surface area contributed by atoms with Crippen LogP contribution in [-0.2, 0) is 0 Å². The van der Waals surface area contributed by atoms with E-state index in [0.717, 1.165) is 0 Å². The van der Waals surface area contributed by atoms with Gasteiger partial charge in [-0.25, -0.2) is 0 Å². The molecule has 0 aliphatic carbocycles. The molecule has 2 fully saturated rings. The molecule has 2 bridgehead atoms. The Morgan fingerprint density at radius 3 is 2.00 bits per heavy atom. The Morgan fingerprint density at radius 2 is 1.50 bits per heavy atom. The van der Waals surface area contributed by atoms with Gasteiger partial charge in [-0.1, -0.05) is 0 Å². The summed E-state index contributed by atoms with van der Waals surface area (Å²) in [6.45, 7) is 5.10. The van der Waals surface area contributed by atoms with Crippen molar-refractivity contribution in [2.24, 2.45) is 0 Å². The number of hydrogen-bond acceptors (Lipinski definition) is 2. The molecule has 2 aliphatic heterocycles. The molecule has 2 unspecified atom stereocenters. The first-order chi connectivity index (χ1) is 3.95. The second-order valence-corrected chi connectivity index (χ2v) is 2.54. The molecule has 0 aromatic heterocycles. The second-order valence-electron chi connectivity index (χ2n) is 2.54. The van der Waals surface area contributed by atoms with E-state index in [1.807, 2.05) is 0 Å². The minimum Gasteiger partial charge on any atom is -0.331 e. The smallest absolute Gasteiger partial charge is 0.313 e. The number of rotatable bonds is 0. The zero-order chi connectivity index (χ0) is 5.40. The highest BCUT2D eigenvalue weighted by atomic mass is 15.3. The first kappa shape index (κ1) is 4.83. The van der Waals surface area contributed by atoms with E-state index >= 15 is 0 Å². The molecule has 0 aromatic rings. The summed E-state index contributed by atoms with van der Waals surface area (Å²) in [7, 11) is 2.25. The maximum Gasteiger partial charge on any atom is 0.313 e. The van der Waals surface area contributed by atoms with Crippen LogP contribution < -0.4 is 0 Å². The van der Waals surface area contributed by atoms with Crippen LogP contribution >= 0.6 is 0 Å². The Labute approximate surface area is 50.7 Å². The van der Waals surface area contributed by atoms with Crippen LogP contribution in [0.3, 0.4) is 0 Å². The highest BCUT2D eigenvalue weighted by Crippen LogP contribution is 2.08. The Morgan fingerprint density at radius 1 is 0.875 bits per heavy atom. The minimum atomic E-state index is 1.26. The summed E-state index contributed by atoms with van der Waals surface area (Å²) >= 11 is 0. The summed E-state index contributed by atoms with van der Waals surface area (Å²) in [5.41, 5.74) is 0. The lowest BCUT2D eigenvalue weighted by molar-refractivity contribution is 0.429. The van der Waals surface area contributed by atoms with E-state index < -0.39 is 0 Å². The van der Waals surface area contributed by atoms with Crippen molar-refractivity contribution < 1.29 is 0 Å². The zero-order valence-electron chi connectivity index (χ0n) is 5.01. The fraction of sp³-hybridized carbons (Fsp3) is 1.00. The van der Waals surface area contributed by atoms with Gasteiger partial charge in [0.25, 0.3) is 0 Å². The molecular formula is C5H10BN2. The lowest BCUT2D eigenvalue weighted by atomic mass is 10.0. The van der Waals surface area contributed by atoms with Gasteiger partial charge in [0.1, 0.15) is 0 Å². The zero-order valence-corrected chi connectivity index (χ0v) is 5.01. The quantitative estimate of drug-likeness (QED) is 0.388. The third-order valence-corrected chi connectivity index (χ3v) is 1.89. The maximum atomic E-state index is 2.39. The van der Waals surface area contributed by atoms with Crippen molar-refractivity contribution in [3.63, 3.8) is 0 Å². The summed E-state index contributed by atoms with van der Waals surface area (Å²) < 4.78 is 0. The largest absolute Gasteiger partial charge is 0.331 e. The van der Waals surface area contributed by atoms with Gasteiger partial charge < -0.3 is 9.62 Å². The molecule has 0 N–H and O–H groups in total. The topological polar surface area (TPSA) is 6.48 Å². The van der Waals surface area contributed by atoms with Crippen LogP contribution in [0.25, 0.3) is 0 Å². The molecule has 1 radical (unpaired) electrons. The van der Waals surface area contributed by atoms with Crippen LogP contribution in [0.2, 0.25) is 0 Å². The van der Waals surface area contributed by atoms with Crippen LogP contribution in [0, 0.1) is 0 Å². The third kappa shape index (κ3) is 0.662. The lowest BCUT2D eigenvalue weighted by Crippen LogP contribution is -2.37. The van der Waals surface area contributed by atoms with Gasteiger partial charge in [-0.2, -0.15) is 0 Å². The van der Waals surface area contributed by atoms with E-state index in [4.69, 9.17) is 0 Å².